The Labute approximate surface area is 183 Å². The highest BCUT2D eigenvalue weighted by Crippen LogP contribution is 2.34. The van der Waals surface area contributed by atoms with Gasteiger partial charge in [0.2, 0.25) is 0 Å². The molecule has 0 aliphatic heterocycles. The average molecular weight is 423 g/mol. The van der Waals surface area contributed by atoms with E-state index in [-0.39, 0.29) is 5.91 Å². The van der Waals surface area contributed by atoms with Crippen molar-refractivity contribution in [1.29, 1.82) is 0 Å². The van der Waals surface area contributed by atoms with Gasteiger partial charge in [-0.15, -0.1) is 11.3 Å². The fourth-order valence-corrected chi connectivity index (χ4v) is 4.29. The number of rotatable bonds is 5. The second-order valence-corrected chi connectivity index (χ2v) is 7.96. The van der Waals surface area contributed by atoms with Gasteiger partial charge < -0.3 is 10.1 Å². The molecule has 0 bridgehead atoms. The van der Waals surface area contributed by atoms with Crippen LogP contribution in [-0.4, -0.2) is 10.9 Å². The van der Waals surface area contributed by atoms with Gasteiger partial charge in [0, 0.05) is 11.1 Å². The second kappa shape index (κ2) is 8.42. The summed E-state index contributed by atoms with van der Waals surface area (Å²) in [6.45, 7) is 0. The van der Waals surface area contributed by atoms with Crippen LogP contribution in [-0.2, 0) is 0 Å². The summed E-state index contributed by atoms with van der Waals surface area (Å²) in [6.07, 6.45) is 0. The number of aromatic nitrogens is 1. The molecular formula is C26H18N2O2S. The van der Waals surface area contributed by atoms with Gasteiger partial charge in [-0.2, -0.15) is 0 Å². The molecule has 150 valence electrons. The van der Waals surface area contributed by atoms with Gasteiger partial charge in [-0.25, -0.2) is 4.98 Å². The number of fused-ring (bicyclic) bond motifs is 1. The van der Waals surface area contributed by atoms with Gasteiger partial charge in [0.25, 0.3) is 5.91 Å². The highest BCUT2D eigenvalue weighted by molar-refractivity contribution is 7.21. The van der Waals surface area contributed by atoms with Gasteiger partial charge in [0.1, 0.15) is 16.5 Å². The van der Waals surface area contributed by atoms with Gasteiger partial charge >= 0.3 is 0 Å². The minimum atomic E-state index is -0.202. The number of carbonyl (C=O) groups excluding carboxylic acids is 1. The lowest BCUT2D eigenvalue weighted by Gasteiger charge is -2.11. The maximum absolute atomic E-state index is 13.0. The van der Waals surface area contributed by atoms with E-state index in [9.17, 15) is 4.79 Å². The van der Waals surface area contributed by atoms with Gasteiger partial charge in [-0.3, -0.25) is 4.79 Å². The number of para-hydroxylation sites is 3. The van der Waals surface area contributed by atoms with E-state index < -0.39 is 0 Å². The van der Waals surface area contributed by atoms with E-state index in [2.05, 4.69) is 11.4 Å². The third kappa shape index (κ3) is 4.17. The number of ether oxygens (including phenoxy) is 1. The predicted octanol–water partition coefficient (Wildman–Crippen LogP) is 7.01. The second-order valence-electron chi connectivity index (χ2n) is 6.93. The Bertz CT molecular complexity index is 1330. The highest BCUT2D eigenvalue weighted by Gasteiger charge is 2.14. The van der Waals surface area contributed by atoms with Gasteiger partial charge in [-0.1, -0.05) is 48.5 Å². The quantitative estimate of drug-likeness (QED) is 0.331. The summed E-state index contributed by atoms with van der Waals surface area (Å²) < 4.78 is 6.97. The summed E-state index contributed by atoms with van der Waals surface area (Å²) in [5.41, 5.74) is 3.09. The topological polar surface area (TPSA) is 51.2 Å². The smallest absolute Gasteiger partial charge is 0.255 e. The maximum atomic E-state index is 13.0. The molecular weight excluding hydrogens is 404 g/mol. The molecule has 0 unspecified atom stereocenters. The van der Waals surface area contributed by atoms with Crippen LogP contribution in [0.1, 0.15) is 10.4 Å². The number of amides is 1. The van der Waals surface area contributed by atoms with Crippen molar-refractivity contribution >= 4 is 33.1 Å². The zero-order valence-electron chi connectivity index (χ0n) is 16.5. The van der Waals surface area contributed by atoms with Crippen molar-refractivity contribution in [2.24, 2.45) is 0 Å². The monoisotopic (exact) mass is 422 g/mol. The molecule has 0 saturated carbocycles. The van der Waals surface area contributed by atoms with E-state index in [1.807, 2.05) is 84.9 Å². The fraction of sp³-hybridized carbons (Fsp3) is 0. The summed E-state index contributed by atoms with van der Waals surface area (Å²) in [6, 6.07) is 32.4. The summed E-state index contributed by atoms with van der Waals surface area (Å²) in [5.74, 6) is 1.13. The van der Waals surface area contributed by atoms with E-state index in [1.54, 1.807) is 23.5 Å². The lowest BCUT2D eigenvalue weighted by molar-refractivity contribution is 0.102. The molecule has 5 aromatic rings. The van der Waals surface area contributed by atoms with E-state index in [4.69, 9.17) is 9.72 Å². The summed E-state index contributed by atoms with van der Waals surface area (Å²) >= 11 is 1.61. The molecule has 0 atom stereocenters. The first-order valence-electron chi connectivity index (χ1n) is 9.85. The van der Waals surface area contributed by atoms with E-state index in [0.717, 1.165) is 32.2 Å². The number of nitrogens with one attached hydrogen (secondary N) is 1. The van der Waals surface area contributed by atoms with Crippen LogP contribution >= 0.6 is 11.3 Å². The van der Waals surface area contributed by atoms with Crippen LogP contribution in [0.3, 0.4) is 0 Å². The highest BCUT2D eigenvalue weighted by atomic mass is 32.1. The molecule has 0 aliphatic rings. The molecule has 31 heavy (non-hydrogen) atoms. The Kier molecular flexibility index (Phi) is 5.17. The van der Waals surface area contributed by atoms with Crippen LogP contribution in [0.5, 0.6) is 11.5 Å². The third-order valence-corrected chi connectivity index (χ3v) is 5.84. The van der Waals surface area contributed by atoms with E-state index >= 15 is 0 Å². The Balaban J connectivity index is 1.41. The number of benzene rings is 4. The molecule has 0 spiro atoms. The van der Waals surface area contributed by atoms with Gasteiger partial charge in [0.05, 0.1) is 15.9 Å². The van der Waals surface area contributed by atoms with Crippen LogP contribution in [0.2, 0.25) is 0 Å². The minimum absolute atomic E-state index is 0.202. The van der Waals surface area contributed by atoms with E-state index in [0.29, 0.717) is 11.3 Å². The van der Waals surface area contributed by atoms with Crippen molar-refractivity contribution in [3.05, 3.63) is 109 Å². The zero-order valence-corrected chi connectivity index (χ0v) is 17.3. The molecule has 5 heteroatoms. The largest absolute Gasteiger partial charge is 0.457 e. The molecule has 0 aliphatic carbocycles. The molecule has 4 aromatic carbocycles. The normalized spacial score (nSPS) is 10.7. The van der Waals surface area contributed by atoms with Crippen LogP contribution < -0.4 is 10.1 Å². The molecule has 1 heterocycles. The first kappa shape index (κ1) is 19.0. The number of carbonyl (C=O) groups is 1. The molecule has 5 rings (SSSR count). The molecule has 4 nitrogen and oxygen atoms in total. The zero-order chi connectivity index (χ0) is 21.0. The standard InChI is InChI=1S/C26H18N2O2S/c29-25(18-9-8-12-20(17-18)30-19-10-2-1-3-11-19)27-22-14-5-4-13-21(22)26-28-23-15-6-7-16-24(23)31-26/h1-17H,(H,27,29). The predicted molar refractivity (Wildman–Crippen MR) is 126 cm³/mol. The number of nitrogens with zero attached hydrogens (tertiary/aromatic N) is 1. The Hall–Kier alpha value is -3.96. The first-order chi connectivity index (χ1) is 15.3. The first-order valence-corrected chi connectivity index (χ1v) is 10.7. The molecule has 1 amide bonds. The number of hydrogen-bond acceptors (Lipinski definition) is 4. The van der Waals surface area contributed by atoms with E-state index in [1.165, 1.54) is 0 Å². The van der Waals surface area contributed by atoms with Crippen LogP contribution in [0.15, 0.2) is 103 Å². The number of hydrogen-bond donors (Lipinski definition) is 1. The van der Waals surface area contributed by atoms with Crippen molar-refractivity contribution in [1.82, 2.24) is 4.98 Å². The van der Waals surface area contributed by atoms with Crippen LogP contribution in [0, 0.1) is 0 Å². The Morgan fingerprint density at radius 2 is 1.52 bits per heavy atom. The van der Waals surface area contributed by atoms with Crippen molar-refractivity contribution in [3.63, 3.8) is 0 Å². The number of thiazole rings is 1. The van der Waals surface area contributed by atoms with Crippen LogP contribution in [0.25, 0.3) is 20.8 Å². The van der Waals surface area contributed by atoms with Gasteiger partial charge in [-0.05, 0) is 54.6 Å². The Morgan fingerprint density at radius 1 is 0.774 bits per heavy atom. The lowest BCUT2D eigenvalue weighted by Crippen LogP contribution is -2.12. The molecule has 0 saturated heterocycles. The Morgan fingerprint density at radius 3 is 2.39 bits per heavy atom. The van der Waals surface area contributed by atoms with Gasteiger partial charge in [0.15, 0.2) is 0 Å². The maximum Gasteiger partial charge on any atom is 0.255 e. The minimum Gasteiger partial charge on any atom is -0.457 e. The lowest BCUT2D eigenvalue weighted by atomic mass is 10.1. The SMILES string of the molecule is O=C(Nc1ccccc1-c1nc2ccccc2s1)c1cccc(Oc2ccccc2)c1. The summed E-state index contributed by atoms with van der Waals surface area (Å²) in [5, 5.41) is 3.91. The van der Waals surface area contributed by atoms with Crippen molar-refractivity contribution in [2.45, 2.75) is 0 Å². The fourth-order valence-electron chi connectivity index (χ4n) is 3.29. The summed E-state index contributed by atoms with van der Waals surface area (Å²) in [4.78, 5) is 17.7. The summed E-state index contributed by atoms with van der Waals surface area (Å²) in [7, 11) is 0. The van der Waals surface area contributed by atoms with Crippen LogP contribution in [0.4, 0.5) is 5.69 Å². The molecule has 0 radical (unpaired) electrons. The van der Waals surface area contributed by atoms with Crippen molar-refractivity contribution in [3.8, 4) is 22.1 Å². The molecule has 1 aromatic heterocycles. The molecule has 0 fully saturated rings. The third-order valence-electron chi connectivity index (χ3n) is 4.77. The van der Waals surface area contributed by atoms with Crippen molar-refractivity contribution < 1.29 is 9.53 Å². The molecule has 1 N–H and O–H groups in total. The van der Waals surface area contributed by atoms with Crippen molar-refractivity contribution in [2.75, 3.05) is 5.32 Å². The number of anilines is 1. The average Bonchev–Trinajstić information content (AvgIpc) is 3.24.